The van der Waals surface area contributed by atoms with Crippen molar-refractivity contribution in [3.63, 3.8) is 0 Å². The molecule has 0 aliphatic carbocycles. The molecule has 10 heteroatoms. The van der Waals surface area contributed by atoms with Crippen molar-refractivity contribution in [3.8, 4) is 28.7 Å². The maximum absolute atomic E-state index is 12.8. The lowest BCUT2D eigenvalue weighted by molar-refractivity contribution is -0.118. The van der Waals surface area contributed by atoms with E-state index in [9.17, 15) is 14.4 Å². The van der Waals surface area contributed by atoms with Crippen molar-refractivity contribution in [2.24, 2.45) is 0 Å². The number of anilines is 1. The third-order valence-corrected chi connectivity index (χ3v) is 5.89. The van der Waals surface area contributed by atoms with E-state index in [4.69, 9.17) is 28.4 Å². The third-order valence-electron chi connectivity index (χ3n) is 5.89. The van der Waals surface area contributed by atoms with Gasteiger partial charge in [-0.2, -0.15) is 0 Å². The normalized spacial score (nSPS) is 11.9. The Balaban J connectivity index is 1.40. The molecule has 10 nitrogen and oxygen atoms in total. The minimum Gasteiger partial charge on any atom is -0.493 e. The summed E-state index contributed by atoms with van der Waals surface area (Å²) in [6.07, 6.45) is 3.05. The van der Waals surface area contributed by atoms with Gasteiger partial charge in [0.2, 0.25) is 5.75 Å². The Morgan fingerprint density at radius 2 is 1.59 bits per heavy atom. The summed E-state index contributed by atoms with van der Waals surface area (Å²) in [5, 5.41) is 2.72. The lowest BCUT2D eigenvalue weighted by atomic mass is 10.1. The van der Waals surface area contributed by atoms with Crippen LogP contribution in [0.15, 0.2) is 54.6 Å². The fraction of sp³-hybridized carbons (Fsp3) is 0.207. The summed E-state index contributed by atoms with van der Waals surface area (Å²) < 4.78 is 32.0. The zero-order valence-corrected chi connectivity index (χ0v) is 21.9. The number of nitrogens with one attached hydrogen (secondary N) is 1. The lowest BCUT2D eigenvalue weighted by Gasteiger charge is -2.13. The molecule has 0 atom stereocenters. The van der Waals surface area contributed by atoms with Gasteiger partial charge >= 0.3 is 5.97 Å². The first-order valence-corrected chi connectivity index (χ1v) is 11.8. The predicted molar refractivity (Wildman–Crippen MR) is 142 cm³/mol. The molecule has 1 amide bonds. The van der Waals surface area contributed by atoms with Crippen LogP contribution in [0.1, 0.15) is 31.8 Å². The molecule has 1 aliphatic rings. The first kappa shape index (κ1) is 27.1. The Hall–Kier alpha value is -4.99. The highest BCUT2D eigenvalue weighted by Gasteiger charge is 2.21. The second kappa shape index (κ2) is 12.0. The average Bonchev–Trinajstić information content (AvgIpc) is 3.33. The van der Waals surface area contributed by atoms with E-state index in [0.29, 0.717) is 56.7 Å². The van der Waals surface area contributed by atoms with Crippen LogP contribution in [-0.4, -0.2) is 52.7 Å². The molecule has 3 aromatic rings. The molecular weight excluding hydrogens is 506 g/mol. The maximum Gasteiger partial charge on any atom is 0.338 e. The van der Waals surface area contributed by atoms with Crippen LogP contribution < -0.4 is 29.0 Å². The van der Waals surface area contributed by atoms with Crippen molar-refractivity contribution < 1.29 is 42.8 Å². The van der Waals surface area contributed by atoms with Gasteiger partial charge in [-0.1, -0.05) is 6.08 Å². The Kier molecular flexibility index (Phi) is 8.35. The molecule has 3 aromatic carbocycles. The highest BCUT2D eigenvalue weighted by atomic mass is 16.5. The first-order valence-electron chi connectivity index (χ1n) is 11.8. The number of carbonyl (C=O) groups is 3. The number of carbonyl (C=O) groups excluding carboxylic acids is 3. The Morgan fingerprint density at radius 1 is 0.872 bits per heavy atom. The molecule has 0 saturated carbocycles. The SMILES string of the molecule is COc1cc(C(=O)/C=C/c2cc(OC)c(OC)c(OC)c2)ccc1OCC(=O)Nc1ccc2c(c1)COC2=O. The number of benzene rings is 3. The molecule has 0 radical (unpaired) electrons. The van der Waals surface area contributed by atoms with Crippen LogP contribution in [0.3, 0.4) is 0 Å². The van der Waals surface area contributed by atoms with E-state index in [1.165, 1.54) is 40.6 Å². The smallest absolute Gasteiger partial charge is 0.338 e. The molecule has 1 aliphatic heterocycles. The minimum atomic E-state index is -0.407. The van der Waals surface area contributed by atoms with E-state index >= 15 is 0 Å². The number of hydrogen-bond acceptors (Lipinski definition) is 9. The summed E-state index contributed by atoms with van der Waals surface area (Å²) in [6, 6.07) is 13.0. The molecule has 0 aromatic heterocycles. The molecule has 0 fully saturated rings. The molecule has 202 valence electrons. The monoisotopic (exact) mass is 533 g/mol. The summed E-state index contributed by atoms with van der Waals surface area (Å²) >= 11 is 0. The van der Waals surface area contributed by atoms with Gasteiger partial charge in [0, 0.05) is 16.8 Å². The van der Waals surface area contributed by atoms with Gasteiger partial charge in [0.15, 0.2) is 35.4 Å². The number of ether oxygens (including phenoxy) is 6. The number of methoxy groups -OCH3 is 4. The lowest BCUT2D eigenvalue weighted by Crippen LogP contribution is -2.20. The number of allylic oxidation sites excluding steroid dienone is 1. The van der Waals surface area contributed by atoms with Crippen LogP contribution in [-0.2, 0) is 16.1 Å². The molecule has 0 unspecified atom stereocenters. The number of hydrogen-bond donors (Lipinski definition) is 1. The Morgan fingerprint density at radius 3 is 2.26 bits per heavy atom. The predicted octanol–water partition coefficient (Wildman–Crippen LogP) is 4.31. The Bertz CT molecular complexity index is 1420. The van der Waals surface area contributed by atoms with E-state index < -0.39 is 5.91 Å². The second-order valence-corrected chi connectivity index (χ2v) is 8.31. The quantitative estimate of drug-likeness (QED) is 0.219. The number of esters is 1. The van der Waals surface area contributed by atoms with Crippen molar-refractivity contribution >= 4 is 29.4 Å². The van der Waals surface area contributed by atoms with Crippen molar-refractivity contribution in [1.29, 1.82) is 0 Å². The standard InChI is InChI=1S/C29H27NO9/c1-34-24-14-18(22(31)9-5-17-11-25(35-2)28(37-4)26(12-17)36-3)6-10-23(24)38-16-27(32)30-20-7-8-21-19(13-20)15-39-29(21)33/h5-14H,15-16H2,1-4H3,(H,30,32)/b9-5+. The van der Waals surface area contributed by atoms with E-state index in [2.05, 4.69) is 5.32 Å². The second-order valence-electron chi connectivity index (χ2n) is 8.31. The zero-order valence-electron chi connectivity index (χ0n) is 21.9. The van der Waals surface area contributed by atoms with E-state index in [1.54, 1.807) is 48.5 Å². The van der Waals surface area contributed by atoms with Gasteiger partial charge < -0.3 is 33.7 Å². The molecule has 0 saturated heterocycles. The number of fused-ring (bicyclic) bond motifs is 1. The van der Waals surface area contributed by atoms with Crippen LogP contribution >= 0.6 is 0 Å². The zero-order chi connectivity index (χ0) is 27.9. The number of ketones is 1. The fourth-order valence-electron chi connectivity index (χ4n) is 3.96. The van der Waals surface area contributed by atoms with E-state index in [1.807, 2.05) is 0 Å². The van der Waals surface area contributed by atoms with Crippen molar-refractivity contribution in [2.75, 3.05) is 40.4 Å². The van der Waals surface area contributed by atoms with Gasteiger partial charge in [0.05, 0.1) is 34.0 Å². The van der Waals surface area contributed by atoms with Crippen LogP contribution in [0.4, 0.5) is 5.69 Å². The van der Waals surface area contributed by atoms with Crippen LogP contribution in [0.25, 0.3) is 6.08 Å². The largest absolute Gasteiger partial charge is 0.493 e. The number of amides is 1. The van der Waals surface area contributed by atoms with Crippen molar-refractivity contribution in [3.05, 3.63) is 76.9 Å². The van der Waals surface area contributed by atoms with Crippen LogP contribution in [0.2, 0.25) is 0 Å². The molecule has 1 N–H and O–H groups in total. The highest BCUT2D eigenvalue weighted by molar-refractivity contribution is 6.07. The van der Waals surface area contributed by atoms with Crippen LogP contribution in [0, 0.1) is 0 Å². The molecule has 4 rings (SSSR count). The molecular formula is C29H27NO9. The maximum atomic E-state index is 12.8. The highest BCUT2D eigenvalue weighted by Crippen LogP contribution is 2.38. The van der Waals surface area contributed by atoms with Gasteiger partial charge in [-0.25, -0.2) is 4.79 Å². The molecule has 0 bridgehead atoms. The summed E-state index contributed by atoms with van der Waals surface area (Å²) in [6.45, 7) is -0.120. The van der Waals surface area contributed by atoms with Crippen molar-refractivity contribution in [1.82, 2.24) is 0 Å². The van der Waals surface area contributed by atoms with Gasteiger partial charge in [0.25, 0.3) is 5.91 Å². The minimum absolute atomic E-state index is 0.175. The number of cyclic esters (lactones) is 1. The fourth-order valence-corrected chi connectivity index (χ4v) is 3.96. The average molecular weight is 534 g/mol. The Labute approximate surface area is 225 Å². The van der Waals surface area contributed by atoms with E-state index in [-0.39, 0.29) is 25.0 Å². The topological polar surface area (TPSA) is 119 Å². The van der Waals surface area contributed by atoms with E-state index in [0.717, 1.165) is 0 Å². The summed E-state index contributed by atoms with van der Waals surface area (Å²) in [4.78, 5) is 36.8. The van der Waals surface area contributed by atoms with Gasteiger partial charge in [0.1, 0.15) is 6.61 Å². The third kappa shape index (κ3) is 6.12. The first-order chi connectivity index (χ1) is 18.9. The summed E-state index contributed by atoms with van der Waals surface area (Å²) in [5.41, 5.74) is 2.76. The van der Waals surface area contributed by atoms with Gasteiger partial charge in [-0.3, -0.25) is 9.59 Å². The van der Waals surface area contributed by atoms with Gasteiger partial charge in [-0.15, -0.1) is 0 Å². The van der Waals surface area contributed by atoms with Gasteiger partial charge in [-0.05, 0) is 60.2 Å². The molecule has 0 spiro atoms. The summed E-state index contributed by atoms with van der Waals surface area (Å²) in [5.74, 6) is 0.926. The van der Waals surface area contributed by atoms with Crippen LogP contribution in [0.5, 0.6) is 28.7 Å². The number of rotatable bonds is 11. The molecule has 1 heterocycles. The summed E-state index contributed by atoms with van der Waals surface area (Å²) in [7, 11) is 5.99. The molecule has 39 heavy (non-hydrogen) atoms. The van der Waals surface area contributed by atoms with Crippen molar-refractivity contribution in [2.45, 2.75) is 6.61 Å².